The molecule has 1 aromatic carbocycles. The SMILES string of the molecule is CCCN(CC)C(=O)Oc1ccc2c3c1O[C@H]1C(=O)CCC4[C@@H]5CC5(C2)C[C@@]341. The van der Waals surface area contributed by atoms with Crippen LogP contribution >= 0.6 is 0 Å². The summed E-state index contributed by atoms with van der Waals surface area (Å²) < 4.78 is 12.2. The van der Waals surface area contributed by atoms with E-state index < -0.39 is 0 Å². The van der Waals surface area contributed by atoms with E-state index in [0.29, 0.717) is 42.3 Å². The first-order chi connectivity index (χ1) is 13.5. The standard InChI is InChI=1S/C23H27NO4/c1-3-9-24(4-2)21(26)27-17-8-5-13-10-22-11-15(22)14-6-7-16(25)20-23(14,12-22)18(13)19(17)28-20/h5,8,14-15,20H,3-4,6-7,9-12H2,1-2H3/t14?,15-,20-,22?,23-/m0/s1. The van der Waals surface area contributed by atoms with Crippen LogP contribution < -0.4 is 9.47 Å². The lowest BCUT2D eigenvalue weighted by molar-refractivity contribution is -0.132. The maximum Gasteiger partial charge on any atom is 0.415 e. The highest BCUT2D eigenvalue weighted by atomic mass is 16.6. The molecule has 0 N–H and O–H groups in total. The first-order valence-electron chi connectivity index (χ1n) is 10.9. The predicted octanol–water partition coefficient (Wildman–Crippen LogP) is 3.86. The van der Waals surface area contributed by atoms with Gasteiger partial charge in [-0.3, -0.25) is 4.79 Å². The van der Waals surface area contributed by atoms with Gasteiger partial charge in [0.15, 0.2) is 23.4 Å². The molecule has 5 atom stereocenters. The second-order valence-electron chi connectivity index (χ2n) is 9.55. The van der Waals surface area contributed by atoms with Gasteiger partial charge in [-0.25, -0.2) is 4.79 Å². The van der Waals surface area contributed by atoms with Crippen LogP contribution in [0, 0.1) is 17.3 Å². The van der Waals surface area contributed by atoms with Crippen molar-refractivity contribution >= 4 is 11.9 Å². The Kier molecular flexibility index (Phi) is 3.20. The molecule has 3 fully saturated rings. The van der Waals surface area contributed by atoms with Gasteiger partial charge in [-0.15, -0.1) is 0 Å². The molecule has 1 heterocycles. The van der Waals surface area contributed by atoms with Crippen LogP contribution in [0.1, 0.15) is 57.1 Å². The summed E-state index contributed by atoms with van der Waals surface area (Å²) in [6.07, 6.45) is 5.29. The number of Topliss-reactive ketones (excluding diaryl/α,β-unsaturated/α-hetero) is 1. The fourth-order valence-electron chi connectivity index (χ4n) is 7.29. The van der Waals surface area contributed by atoms with Gasteiger partial charge in [-0.05, 0) is 67.9 Å². The van der Waals surface area contributed by atoms with Gasteiger partial charge in [-0.1, -0.05) is 13.0 Å². The Labute approximate surface area is 165 Å². The number of benzene rings is 1. The van der Waals surface area contributed by atoms with Crippen molar-refractivity contribution in [3.63, 3.8) is 0 Å². The summed E-state index contributed by atoms with van der Waals surface area (Å²) in [7, 11) is 0. The van der Waals surface area contributed by atoms with Crippen LogP contribution in [0.5, 0.6) is 11.5 Å². The minimum atomic E-state index is -0.372. The van der Waals surface area contributed by atoms with Crippen molar-refractivity contribution in [2.45, 2.75) is 63.9 Å². The Morgan fingerprint density at radius 3 is 2.96 bits per heavy atom. The lowest BCUT2D eigenvalue weighted by Gasteiger charge is -2.44. The van der Waals surface area contributed by atoms with Crippen molar-refractivity contribution in [2.24, 2.45) is 17.3 Å². The zero-order valence-corrected chi connectivity index (χ0v) is 16.6. The smallest absolute Gasteiger partial charge is 0.415 e. The molecule has 148 valence electrons. The van der Waals surface area contributed by atoms with Crippen molar-refractivity contribution in [3.05, 3.63) is 23.3 Å². The van der Waals surface area contributed by atoms with Crippen LogP contribution in [0.15, 0.2) is 12.1 Å². The molecule has 0 aromatic heterocycles. The fourth-order valence-corrected chi connectivity index (χ4v) is 7.29. The fraction of sp³-hybridized carbons (Fsp3) is 0.652. The van der Waals surface area contributed by atoms with E-state index in [2.05, 4.69) is 6.07 Å². The summed E-state index contributed by atoms with van der Waals surface area (Å²) in [5.41, 5.74) is 2.78. The third kappa shape index (κ3) is 1.84. The lowest BCUT2D eigenvalue weighted by atomic mass is 9.58. The number of fused-ring (bicyclic) bond motifs is 1. The Balaban J connectivity index is 1.43. The van der Waals surface area contributed by atoms with Gasteiger partial charge < -0.3 is 14.4 Å². The monoisotopic (exact) mass is 381 g/mol. The van der Waals surface area contributed by atoms with E-state index in [1.807, 2.05) is 19.9 Å². The summed E-state index contributed by atoms with van der Waals surface area (Å²) in [5, 5.41) is 0. The molecular weight excluding hydrogens is 354 g/mol. The average Bonchev–Trinajstić information content (AvgIpc) is 3.13. The van der Waals surface area contributed by atoms with Crippen LogP contribution in [-0.4, -0.2) is 36.0 Å². The van der Waals surface area contributed by atoms with E-state index in [9.17, 15) is 9.59 Å². The van der Waals surface area contributed by atoms with Crippen LogP contribution in [-0.2, 0) is 16.6 Å². The van der Waals surface area contributed by atoms with Crippen molar-refractivity contribution in [3.8, 4) is 11.5 Å². The zero-order chi connectivity index (χ0) is 19.3. The number of carbonyl (C=O) groups excluding carboxylic acids is 2. The molecule has 5 heteroatoms. The van der Waals surface area contributed by atoms with Crippen LogP contribution in [0.25, 0.3) is 0 Å². The van der Waals surface area contributed by atoms with E-state index in [1.165, 1.54) is 17.5 Å². The highest BCUT2D eigenvalue weighted by molar-refractivity contribution is 5.89. The molecule has 0 radical (unpaired) electrons. The number of amides is 1. The number of rotatable bonds is 4. The molecule has 2 unspecified atom stereocenters. The Hall–Kier alpha value is -2.04. The minimum absolute atomic E-state index is 0.155. The number of ketones is 1. The number of nitrogens with zero attached hydrogens (tertiary/aromatic N) is 1. The van der Waals surface area contributed by atoms with E-state index >= 15 is 0 Å². The highest BCUT2D eigenvalue weighted by Crippen LogP contribution is 2.81. The normalized spacial score (nSPS) is 37.8. The van der Waals surface area contributed by atoms with E-state index in [0.717, 1.165) is 31.6 Å². The van der Waals surface area contributed by atoms with Gasteiger partial charge in [0.2, 0.25) is 0 Å². The van der Waals surface area contributed by atoms with E-state index in [-0.39, 0.29) is 23.4 Å². The van der Waals surface area contributed by atoms with Gasteiger partial charge in [0.1, 0.15) is 0 Å². The summed E-state index contributed by atoms with van der Waals surface area (Å²) in [6, 6.07) is 4.01. The summed E-state index contributed by atoms with van der Waals surface area (Å²) >= 11 is 0. The molecule has 3 saturated carbocycles. The largest absolute Gasteiger partial charge is 0.477 e. The molecule has 2 spiro atoms. The minimum Gasteiger partial charge on any atom is -0.477 e. The lowest BCUT2D eigenvalue weighted by Crippen LogP contribution is -2.52. The van der Waals surface area contributed by atoms with Crippen molar-refractivity contribution in [1.82, 2.24) is 4.90 Å². The van der Waals surface area contributed by atoms with Crippen molar-refractivity contribution < 1.29 is 19.1 Å². The van der Waals surface area contributed by atoms with Gasteiger partial charge in [-0.2, -0.15) is 0 Å². The maximum atomic E-state index is 12.9. The summed E-state index contributed by atoms with van der Waals surface area (Å²) in [6.45, 7) is 5.30. The summed E-state index contributed by atoms with van der Waals surface area (Å²) in [4.78, 5) is 27.2. The topological polar surface area (TPSA) is 55.8 Å². The van der Waals surface area contributed by atoms with Crippen LogP contribution in [0.4, 0.5) is 4.79 Å². The average molecular weight is 381 g/mol. The van der Waals surface area contributed by atoms with Gasteiger partial charge in [0, 0.05) is 30.5 Å². The predicted molar refractivity (Wildman–Crippen MR) is 103 cm³/mol. The van der Waals surface area contributed by atoms with Crippen LogP contribution in [0.3, 0.4) is 0 Å². The number of hydrogen-bond acceptors (Lipinski definition) is 4. The number of ether oxygens (including phenoxy) is 2. The molecule has 28 heavy (non-hydrogen) atoms. The molecule has 4 aliphatic carbocycles. The maximum absolute atomic E-state index is 12.9. The molecule has 0 saturated heterocycles. The molecule has 5 nitrogen and oxygen atoms in total. The van der Waals surface area contributed by atoms with Gasteiger partial charge >= 0.3 is 6.09 Å². The van der Waals surface area contributed by atoms with Gasteiger partial charge in [0.05, 0.1) is 0 Å². The third-order valence-electron chi connectivity index (χ3n) is 8.29. The van der Waals surface area contributed by atoms with E-state index in [4.69, 9.17) is 9.47 Å². The quantitative estimate of drug-likeness (QED) is 0.795. The van der Waals surface area contributed by atoms with Crippen molar-refractivity contribution in [1.29, 1.82) is 0 Å². The molecule has 5 aliphatic rings. The molecule has 2 bridgehead atoms. The van der Waals surface area contributed by atoms with Crippen LogP contribution in [0.2, 0.25) is 0 Å². The zero-order valence-electron chi connectivity index (χ0n) is 16.6. The Morgan fingerprint density at radius 2 is 2.18 bits per heavy atom. The summed E-state index contributed by atoms with van der Waals surface area (Å²) in [5.74, 6) is 2.70. The molecule has 1 aromatic rings. The highest BCUT2D eigenvalue weighted by Gasteiger charge is 2.78. The first kappa shape index (κ1) is 16.9. The second kappa shape index (κ2) is 5.31. The van der Waals surface area contributed by atoms with Crippen molar-refractivity contribution in [2.75, 3.05) is 13.1 Å². The Bertz CT molecular complexity index is 910. The molecular formula is C23H27NO4. The second-order valence-corrected chi connectivity index (χ2v) is 9.55. The Morgan fingerprint density at radius 1 is 1.32 bits per heavy atom. The molecule has 1 amide bonds. The first-order valence-corrected chi connectivity index (χ1v) is 10.9. The van der Waals surface area contributed by atoms with E-state index in [1.54, 1.807) is 4.90 Å². The number of hydrogen-bond donors (Lipinski definition) is 0. The van der Waals surface area contributed by atoms with Gasteiger partial charge in [0.25, 0.3) is 0 Å². The number of carbonyl (C=O) groups is 2. The third-order valence-corrected chi connectivity index (χ3v) is 8.29. The molecule has 1 aliphatic heterocycles. The molecule has 6 rings (SSSR count).